The molecule has 2 aromatic rings. The highest BCUT2D eigenvalue weighted by atomic mass is 16.3. The van der Waals surface area contributed by atoms with Crippen LogP contribution >= 0.6 is 0 Å². The van der Waals surface area contributed by atoms with Gasteiger partial charge in [-0.2, -0.15) is 0 Å². The quantitative estimate of drug-likeness (QED) is 0.885. The molecule has 1 unspecified atom stereocenters. The number of hydrogen-bond acceptors (Lipinski definition) is 3. The van der Waals surface area contributed by atoms with E-state index < -0.39 is 0 Å². The molecule has 1 N–H and O–H groups in total. The van der Waals surface area contributed by atoms with Gasteiger partial charge in [0.15, 0.2) is 0 Å². The molecule has 4 nitrogen and oxygen atoms in total. The summed E-state index contributed by atoms with van der Waals surface area (Å²) in [5.41, 5.74) is 3.52. The second-order valence-corrected chi connectivity index (χ2v) is 5.65. The predicted octanol–water partition coefficient (Wildman–Crippen LogP) is 2.48. The molecule has 0 aliphatic carbocycles. The molecule has 1 amide bonds. The Morgan fingerprint density at radius 3 is 2.95 bits per heavy atom. The first kappa shape index (κ1) is 14.7. The van der Waals surface area contributed by atoms with Gasteiger partial charge in [-0.3, -0.25) is 9.78 Å². The average molecular weight is 296 g/mol. The highest BCUT2D eigenvalue weighted by Gasteiger charge is 2.26. The van der Waals surface area contributed by atoms with Gasteiger partial charge in [-0.15, -0.1) is 0 Å². The van der Waals surface area contributed by atoms with Gasteiger partial charge in [-0.1, -0.05) is 25.1 Å². The van der Waals surface area contributed by atoms with Crippen LogP contribution in [0.1, 0.15) is 28.5 Å². The number of amides is 1. The molecule has 0 spiro atoms. The lowest BCUT2D eigenvalue weighted by Crippen LogP contribution is -2.38. The van der Waals surface area contributed by atoms with E-state index in [1.165, 1.54) is 5.56 Å². The van der Waals surface area contributed by atoms with Crippen LogP contribution in [-0.2, 0) is 6.42 Å². The Morgan fingerprint density at radius 1 is 1.41 bits per heavy atom. The van der Waals surface area contributed by atoms with Crippen LogP contribution in [0.2, 0.25) is 0 Å². The number of carbonyl (C=O) groups is 1. The van der Waals surface area contributed by atoms with Crippen LogP contribution in [0, 0.1) is 6.92 Å². The molecule has 22 heavy (non-hydrogen) atoms. The number of aliphatic hydroxyl groups excluding tert-OH is 1. The van der Waals surface area contributed by atoms with Crippen LogP contribution in [0.15, 0.2) is 36.4 Å². The first-order valence-corrected chi connectivity index (χ1v) is 7.62. The third-order valence-corrected chi connectivity index (χ3v) is 4.15. The lowest BCUT2D eigenvalue weighted by molar-refractivity contribution is 0.0702. The van der Waals surface area contributed by atoms with Crippen LogP contribution in [0.25, 0.3) is 10.9 Å². The molecule has 3 rings (SSSR count). The van der Waals surface area contributed by atoms with Crippen molar-refractivity contribution in [2.75, 3.05) is 13.2 Å². The number of rotatable bonds is 3. The number of nitrogens with zero attached hydrogens (tertiary/aromatic N) is 2. The van der Waals surface area contributed by atoms with Crippen molar-refractivity contribution >= 4 is 16.8 Å². The summed E-state index contributed by atoms with van der Waals surface area (Å²) in [5, 5.41) is 10.3. The van der Waals surface area contributed by atoms with Gasteiger partial charge in [-0.05, 0) is 37.1 Å². The maximum absolute atomic E-state index is 12.9. The number of benzene rings is 1. The van der Waals surface area contributed by atoms with Crippen molar-refractivity contribution < 1.29 is 9.90 Å². The summed E-state index contributed by atoms with van der Waals surface area (Å²) in [5.74, 6) is -0.0483. The second-order valence-electron chi connectivity index (χ2n) is 5.65. The van der Waals surface area contributed by atoms with E-state index in [4.69, 9.17) is 0 Å². The van der Waals surface area contributed by atoms with Crippen LogP contribution in [0.5, 0.6) is 0 Å². The zero-order valence-electron chi connectivity index (χ0n) is 12.9. The van der Waals surface area contributed by atoms with Gasteiger partial charge in [0.25, 0.3) is 5.91 Å². The molecule has 1 atom stereocenters. The molecule has 2 heterocycles. The molecule has 4 heteroatoms. The monoisotopic (exact) mass is 296 g/mol. The smallest absolute Gasteiger partial charge is 0.255 e. The van der Waals surface area contributed by atoms with Crippen LogP contribution in [-0.4, -0.2) is 40.1 Å². The van der Waals surface area contributed by atoms with Crippen LogP contribution in [0.4, 0.5) is 0 Å². The van der Waals surface area contributed by atoms with Gasteiger partial charge in [0, 0.05) is 17.6 Å². The maximum Gasteiger partial charge on any atom is 0.255 e. The summed E-state index contributed by atoms with van der Waals surface area (Å²) < 4.78 is 0. The Morgan fingerprint density at radius 2 is 2.23 bits per heavy atom. The lowest BCUT2D eigenvalue weighted by atomic mass is 10.0. The average Bonchev–Trinajstić information content (AvgIpc) is 3.01. The minimum atomic E-state index is -0.231. The SMILES string of the molecule is CCc1ccc2nc(C)cc(C(=O)N3CC=CC3CO)c2c1. The summed E-state index contributed by atoms with van der Waals surface area (Å²) in [6, 6.07) is 7.69. The molecule has 0 radical (unpaired) electrons. The fraction of sp³-hybridized carbons (Fsp3) is 0.333. The molecular weight excluding hydrogens is 276 g/mol. The van der Waals surface area contributed by atoms with E-state index >= 15 is 0 Å². The molecule has 1 aliphatic heterocycles. The Hall–Kier alpha value is -2.20. The van der Waals surface area contributed by atoms with Crippen molar-refractivity contribution in [3.63, 3.8) is 0 Å². The second kappa shape index (κ2) is 5.89. The van der Waals surface area contributed by atoms with Gasteiger partial charge in [0.05, 0.1) is 23.7 Å². The number of aryl methyl sites for hydroxylation is 2. The molecule has 114 valence electrons. The van der Waals surface area contributed by atoms with Crippen molar-refractivity contribution in [2.45, 2.75) is 26.3 Å². The van der Waals surface area contributed by atoms with E-state index in [1.807, 2.05) is 37.3 Å². The predicted molar refractivity (Wildman–Crippen MR) is 86.9 cm³/mol. The first-order valence-electron chi connectivity index (χ1n) is 7.62. The summed E-state index contributed by atoms with van der Waals surface area (Å²) in [6.07, 6.45) is 4.72. The van der Waals surface area contributed by atoms with E-state index in [0.29, 0.717) is 12.1 Å². The van der Waals surface area contributed by atoms with Crippen molar-refractivity contribution in [3.05, 3.63) is 53.2 Å². The van der Waals surface area contributed by atoms with Crippen molar-refractivity contribution in [1.82, 2.24) is 9.88 Å². The molecular formula is C18H20N2O2. The van der Waals surface area contributed by atoms with Gasteiger partial charge in [0.1, 0.15) is 0 Å². The van der Waals surface area contributed by atoms with E-state index in [2.05, 4.69) is 18.0 Å². The first-order chi connectivity index (χ1) is 10.6. The van der Waals surface area contributed by atoms with Gasteiger partial charge >= 0.3 is 0 Å². The van der Waals surface area contributed by atoms with E-state index in [0.717, 1.165) is 23.0 Å². The summed E-state index contributed by atoms with van der Waals surface area (Å²) in [6.45, 7) is 4.48. The molecule has 1 aromatic carbocycles. The normalized spacial score (nSPS) is 17.4. The van der Waals surface area contributed by atoms with Crippen molar-refractivity contribution in [2.24, 2.45) is 0 Å². The van der Waals surface area contributed by atoms with Gasteiger partial charge < -0.3 is 10.0 Å². The number of carbonyl (C=O) groups excluding carboxylic acids is 1. The Balaban J connectivity index is 2.10. The van der Waals surface area contributed by atoms with Crippen molar-refractivity contribution in [3.8, 4) is 0 Å². The molecule has 1 aliphatic rings. The lowest BCUT2D eigenvalue weighted by Gasteiger charge is -2.24. The van der Waals surface area contributed by atoms with E-state index in [-0.39, 0.29) is 18.6 Å². The molecule has 0 fully saturated rings. The zero-order valence-corrected chi connectivity index (χ0v) is 12.9. The number of hydrogen-bond donors (Lipinski definition) is 1. The standard InChI is InChI=1S/C18H20N2O2/c1-3-13-6-7-17-15(10-13)16(9-12(2)19-17)18(22)20-8-4-5-14(20)11-21/h4-7,9-10,14,21H,3,8,11H2,1-2H3. The highest BCUT2D eigenvalue weighted by Crippen LogP contribution is 2.24. The van der Waals surface area contributed by atoms with Gasteiger partial charge in [-0.25, -0.2) is 0 Å². The molecule has 0 saturated heterocycles. The molecule has 0 saturated carbocycles. The minimum absolute atomic E-state index is 0.0483. The van der Waals surface area contributed by atoms with E-state index in [1.54, 1.807) is 4.90 Å². The fourth-order valence-electron chi connectivity index (χ4n) is 2.92. The Bertz CT molecular complexity index is 752. The zero-order chi connectivity index (χ0) is 15.7. The van der Waals surface area contributed by atoms with Crippen LogP contribution < -0.4 is 0 Å². The maximum atomic E-state index is 12.9. The van der Waals surface area contributed by atoms with Gasteiger partial charge in [0.2, 0.25) is 0 Å². The Labute approximate surface area is 130 Å². The van der Waals surface area contributed by atoms with E-state index in [9.17, 15) is 9.90 Å². The number of aromatic nitrogens is 1. The third kappa shape index (κ3) is 2.50. The minimum Gasteiger partial charge on any atom is -0.394 e. The summed E-state index contributed by atoms with van der Waals surface area (Å²) in [4.78, 5) is 19.2. The fourth-order valence-corrected chi connectivity index (χ4v) is 2.92. The number of fused-ring (bicyclic) bond motifs is 1. The highest BCUT2D eigenvalue weighted by molar-refractivity contribution is 6.06. The largest absolute Gasteiger partial charge is 0.394 e. The number of aliphatic hydroxyl groups is 1. The molecule has 1 aromatic heterocycles. The van der Waals surface area contributed by atoms with Crippen LogP contribution in [0.3, 0.4) is 0 Å². The van der Waals surface area contributed by atoms with Crippen molar-refractivity contribution in [1.29, 1.82) is 0 Å². The summed E-state index contributed by atoms with van der Waals surface area (Å²) in [7, 11) is 0. The molecule has 0 bridgehead atoms. The number of pyridine rings is 1. The summed E-state index contributed by atoms with van der Waals surface area (Å²) >= 11 is 0. The third-order valence-electron chi connectivity index (χ3n) is 4.15. The topological polar surface area (TPSA) is 53.4 Å². The Kier molecular flexibility index (Phi) is 3.94.